The second-order valence-electron chi connectivity index (χ2n) is 7.80. The Labute approximate surface area is 234 Å². The number of carbonyl (C=O) groups is 4. The fourth-order valence-electron chi connectivity index (χ4n) is 3.25. The minimum Gasteiger partial charge on any atom is -0.478 e. The molecule has 2 aromatic heterocycles. The van der Waals surface area contributed by atoms with Crippen molar-refractivity contribution in [3.63, 3.8) is 0 Å². The summed E-state index contributed by atoms with van der Waals surface area (Å²) in [5, 5.41) is 25.8. The van der Waals surface area contributed by atoms with Gasteiger partial charge >= 0.3 is 23.8 Å². The number of hydrazone groups is 2. The quantitative estimate of drug-likeness (QED) is 0.133. The Morgan fingerprint density at radius 2 is 1.05 bits per heavy atom. The summed E-state index contributed by atoms with van der Waals surface area (Å²) in [6, 6.07) is 14.9. The maximum Gasteiger partial charge on any atom is 0.337 e. The van der Waals surface area contributed by atoms with Crippen LogP contribution >= 0.6 is 23.2 Å². The molecule has 0 radical (unpaired) electrons. The molecule has 0 fully saturated rings. The standard InChI is InChI=1S/C26H16Cl2N4O8/c27-19-5-1-13(9-17(19)25(35)36)21-7-3-15(39-21)11-29-31-23(33)24(34)32-30-12-16-4-8-22(40-16)14-2-6-20(28)18(10-14)26(37)38/h1-12H,(H,31,33)(H,32,34)(H,35,36)(H,37,38)/b29-11-,30-12+. The lowest BCUT2D eigenvalue weighted by molar-refractivity contribution is -0.139. The molecule has 0 atom stereocenters. The maximum absolute atomic E-state index is 11.9. The van der Waals surface area contributed by atoms with Crippen LogP contribution in [0.3, 0.4) is 0 Å². The summed E-state index contributed by atoms with van der Waals surface area (Å²) >= 11 is 11.7. The van der Waals surface area contributed by atoms with Crippen molar-refractivity contribution in [2.24, 2.45) is 10.2 Å². The van der Waals surface area contributed by atoms with Gasteiger partial charge in [-0.15, -0.1) is 0 Å². The lowest BCUT2D eigenvalue weighted by Gasteiger charge is -2.02. The van der Waals surface area contributed by atoms with E-state index in [-0.39, 0.29) is 32.7 Å². The summed E-state index contributed by atoms with van der Waals surface area (Å²) in [6.07, 6.45) is 2.28. The van der Waals surface area contributed by atoms with Gasteiger partial charge in [0.2, 0.25) is 0 Å². The first-order chi connectivity index (χ1) is 19.1. The Hall–Kier alpha value is -5.20. The number of hydrogen-bond acceptors (Lipinski definition) is 8. The zero-order valence-corrected chi connectivity index (χ0v) is 21.4. The second-order valence-corrected chi connectivity index (χ2v) is 8.62. The average molecular weight is 583 g/mol. The van der Waals surface area contributed by atoms with Crippen LogP contribution in [0.1, 0.15) is 32.2 Å². The molecule has 2 heterocycles. The molecule has 202 valence electrons. The molecule has 0 aliphatic heterocycles. The Kier molecular flexibility index (Phi) is 8.42. The van der Waals surface area contributed by atoms with Gasteiger partial charge in [0.1, 0.15) is 23.0 Å². The third-order valence-corrected chi connectivity index (χ3v) is 5.80. The Morgan fingerprint density at radius 3 is 1.43 bits per heavy atom. The summed E-state index contributed by atoms with van der Waals surface area (Å²) in [5.74, 6) is -3.52. The first kappa shape index (κ1) is 27.8. The highest BCUT2D eigenvalue weighted by Crippen LogP contribution is 2.28. The molecule has 12 nitrogen and oxygen atoms in total. The van der Waals surface area contributed by atoms with Crippen LogP contribution in [0.25, 0.3) is 22.6 Å². The smallest absolute Gasteiger partial charge is 0.337 e. The molecule has 0 saturated carbocycles. The van der Waals surface area contributed by atoms with E-state index in [1.54, 1.807) is 24.3 Å². The first-order valence-electron chi connectivity index (χ1n) is 11.0. The number of rotatable bonds is 8. The number of furan rings is 2. The van der Waals surface area contributed by atoms with Gasteiger partial charge in [-0.3, -0.25) is 9.59 Å². The van der Waals surface area contributed by atoms with Crippen molar-refractivity contribution in [3.05, 3.63) is 93.4 Å². The zero-order chi connectivity index (χ0) is 28.8. The predicted molar refractivity (Wildman–Crippen MR) is 144 cm³/mol. The van der Waals surface area contributed by atoms with Crippen LogP contribution in [0.15, 0.2) is 79.7 Å². The molecule has 0 aliphatic carbocycles. The molecule has 40 heavy (non-hydrogen) atoms. The molecular weight excluding hydrogens is 567 g/mol. The van der Waals surface area contributed by atoms with E-state index in [0.717, 1.165) is 12.4 Å². The topological polar surface area (TPSA) is 184 Å². The van der Waals surface area contributed by atoms with Crippen molar-refractivity contribution in [3.8, 4) is 22.6 Å². The van der Waals surface area contributed by atoms with Gasteiger partial charge in [0.15, 0.2) is 0 Å². The van der Waals surface area contributed by atoms with Gasteiger partial charge in [0, 0.05) is 11.1 Å². The third-order valence-electron chi connectivity index (χ3n) is 5.14. The lowest BCUT2D eigenvalue weighted by Crippen LogP contribution is -2.35. The highest BCUT2D eigenvalue weighted by molar-refractivity contribution is 6.35. The minimum atomic E-state index is -1.19. The molecule has 0 spiro atoms. The predicted octanol–water partition coefficient (Wildman–Crippen LogP) is 4.51. The molecule has 14 heteroatoms. The molecule has 4 rings (SSSR count). The van der Waals surface area contributed by atoms with Gasteiger partial charge in [-0.1, -0.05) is 23.2 Å². The highest BCUT2D eigenvalue weighted by Gasteiger charge is 2.15. The van der Waals surface area contributed by atoms with Crippen LogP contribution in [0.2, 0.25) is 10.0 Å². The number of amides is 2. The average Bonchev–Trinajstić information content (AvgIpc) is 3.59. The van der Waals surface area contributed by atoms with Crippen molar-refractivity contribution in [1.29, 1.82) is 0 Å². The minimum absolute atomic E-state index is 0.0813. The molecule has 4 aromatic rings. The van der Waals surface area contributed by atoms with E-state index in [2.05, 4.69) is 10.2 Å². The summed E-state index contributed by atoms with van der Waals surface area (Å²) < 4.78 is 11.1. The van der Waals surface area contributed by atoms with Gasteiger partial charge in [-0.25, -0.2) is 20.4 Å². The molecule has 0 aliphatic rings. The van der Waals surface area contributed by atoms with Gasteiger partial charge in [0.25, 0.3) is 0 Å². The first-order valence-corrected chi connectivity index (χ1v) is 11.8. The van der Waals surface area contributed by atoms with Crippen molar-refractivity contribution in [2.75, 3.05) is 0 Å². The fourth-order valence-corrected chi connectivity index (χ4v) is 3.65. The number of aromatic carboxylic acids is 2. The van der Waals surface area contributed by atoms with Gasteiger partial charge in [-0.2, -0.15) is 10.2 Å². The molecule has 2 amide bonds. The van der Waals surface area contributed by atoms with Gasteiger partial charge in [0.05, 0.1) is 33.6 Å². The monoisotopic (exact) mass is 582 g/mol. The van der Waals surface area contributed by atoms with Crippen molar-refractivity contribution in [1.82, 2.24) is 10.9 Å². The Balaban J connectivity index is 1.30. The van der Waals surface area contributed by atoms with E-state index in [1.807, 2.05) is 10.9 Å². The van der Waals surface area contributed by atoms with E-state index >= 15 is 0 Å². The van der Waals surface area contributed by atoms with Crippen LogP contribution in [-0.4, -0.2) is 46.4 Å². The maximum atomic E-state index is 11.9. The highest BCUT2D eigenvalue weighted by atomic mass is 35.5. The summed E-state index contributed by atoms with van der Waals surface area (Å²) in [4.78, 5) is 46.4. The molecule has 0 unspecified atom stereocenters. The lowest BCUT2D eigenvalue weighted by atomic mass is 10.1. The molecule has 0 saturated heterocycles. The number of carboxylic acids is 2. The summed E-state index contributed by atoms with van der Waals surface area (Å²) in [6.45, 7) is 0. The summed E-state index contributed by atoms with van der Waals surface area (Å²) in [5.41, 5.74) is 4.77. The third kappa shape index (κ3) is 6.62. The molecule has 0 bridgehead atoms. The normalized spacial score (nSPS) is 11.2. The zero-order valence-electron chi connectivity index (χ0n) is 19.9. The number of benzene rings is 2. The number of nitrogens with one attached hydrogen (secondary N) is 2. The molecule has 4 N–H and O–H groups in total. The number of hydrogen-bond donors (Lipinski definition) is 4. The molecule has 2 aromatic carbocycles. The summed E-state index contributed by atoms with van der Waals surface area (Å²) in [7, 11) is 0. The van der Waals surface area contributed by atoms with E-state index in [4.69, 9.17) is 32.0 Å². The van der Waals surface area contributed by atoms with E-state index in [0.29, 0.717) is 22.6 Å². The van der Waals surface area contributed by atoms with Gasteiger partial charge < -0.3 is 19.0 Å². The van der Waals surface area contributed by atoms with Crippen LogP contribution < -0.4 is 10.9 Å². The van der Waals surface area contributed by atoms with Gasteiger partial charge in [-0.05, 0) is 60.7 Å². The van der Waals surface area contributed by atoms with E-state index in [1.165, 1.54) is 36.4 Å². The molecular formula is C26H16Cl2N4O8. The number of carbonyl (C=O) groups excluding carboxylic acids is 2. The number of halogens is 2. The second kappa shape index (κ2) is 12.1. The van der Waals surface area contributed by atoms with E-state index < -0.39 is 23.8 Å². The van der Waals surface area contributed by atoms with E-state index in [9.17, 15) is 29.4 Å². The van der Waals surface area contributed by atoms with Crippen molar-refractivity contribution < 1.29 is 38.2 Å². The van der Waals surface area contributed by atoms with Crippen LogP contribution in [0.4, 0.5) is 0 Å². The van der Waals surface area contributed by atoms with Crippen LogP contribution in [-0.2, 0) is 9.59 Å². The van der Waals surface area contributed by atoms with Crippen LogP contribution in [0, 0.1) is 0 Å². The Bertz CT molecular complexity index is 1570. The fraction of sp³-hybridized carbons (Fsp3) is 0. The SMILES string of the molecule is O=C(N/N=C\c1ccc(-c2ccc(Cl)c(C(=O)O)c2)o1)C(=O)N/N=C/c1ccc(-c2ccc(Cl)c(C(=O)O)c2)o1. The number of carboxylic acid groups (broad SMARTS) is 2. The van der Waals surface area contributed by atoms with Crippen LogP contribution in [0.5, 0.6) is 0 Å². The van der Waals surface area contributed by atoms with Crippen molar-refractivity contribution in [2.45, 2.75) is 0 Å². The largest absolute Gasteiger partial charge is 0.478 e. The Morgan fingerprint density at radius 1 is 0.650 bits per heavy atom. The van der Waals surface area contributed by atoms with Crippen molar-refractivity contribution >= 4 is 59.4 Å². The number of nitrogens with zero attached hydrogens (tertiary/aromatic N) is 2.